The van der Waals surface area contributed by atoms with Gasteiger partial charge in [-0.1, -0.05) is 13.7 Å². The summed E-state index contributed by atoms with van der Waals surface area (Å²) in [4.78, 5) is 5.27. The molecule has 0 aromatic rings. The lowest BCUT2D eigenvalue weighted by atomic mass is 9.45. The maximum atomic E-state index is 2.67. The van der Waals surface area contributed by atoms with E-state index in [-0.39, 0.29) is 0 Å². The number of rotatable bonds is 2. The highest BCUT2D eigenvalue weighted by atomic mass is 15.2. The van der Waals surface area contributed by atoms with E-state index in [2.05, 4.69) is 23.5 Å². The van der Waals surface area contributed by atoms with Crippen LogP contribution in [0.3, 0.4) is 0 Å². The summed E-state index contributed by atoms with van der Waals surface area (Å²) < 4.78 is 0. The largest absolute Gasteiger partial charge is 0.313 e. The molecule has 0 aromatic carbocycles. The smallest absolute Gasteiger partial charge is 0.169 e. The fraction of sp³-hybridized carbons (Fsp3) is 1.00. The van der Waals surface area contributed by atoms with Gasteiger partial charge in [-0.25, -0.2) is 0 Å². The van der Waals surface area contributed by atoms with Crippen LogP contribution in [0.15, 0.2) is 0 Å². The van der Waals surface area contributed by atoms with E-state index in [0.29, 0.717) is 0 Å². The van der Waals surface area contributed by atoms with E-state index >= 15 is 0 Å². The van der Waals surface area contributed by atoms with Crippen LogP contribution < -0.4 is 0 Å². The maximum absolute atomic E-state index is 2.67. The summed E-state index contributed by atoms with van der Waals surface area (Å²) in [6.45, 7) is 9.48. The Labute approximate surface area is 82.4 Å². The number of nitrogens with zero attached hydrogens (tertiary/aromatic N) is 2. The molecule has 3 heteroatoms. The summed E-state index contributed by atoms with van der Waals surface area (Å²) >= 11 is 0. The van der Waals surface area contributed by atoms with Crippen LogP contribution in [-0.2, 0) is 0 Å². The van der Waals surface area contributed by atoms with E-state index < -0.39 is 0 Å². The Morgan fingerprint density at radius 1 is 1.38 bits per heavy atom. The zero-order chi connectivity index (χ0) is 9.26. The van der Waals surface area contributed by atoms with Crippen LogP contribution in [0, 0.1) is 0 Å². The summed E-state index contributed by atoms with van der Waals surface area (Å²) in [6, 6.07) is 0.880. The molecule has 74 valence electrons. The summed E-state index contributed by atoms with van der Waals surface area (Å²) in [5, 5.41) is 0. The first-order valence-corrected chi connectivity index (χ1v) is 5.76. The number of hydrogen-bond acceptors (Lipinski definition) is 2. The first kappa shape index (κ1) is 9.54. The van der Waals surface area contributed by atoms with Gasteiger partial charge >= 0.3 is 0 Å². The fourth-order valence-electron chi connectivity index (χ4n) is 2.66. The molecule has 0 N–H and O–H groups in total. The van der Waals surface area contributed by atoms with E-state index in [1.165, 1.54) is 45.4 Å². The van der Waals surface area contributed by atoms with Crippen LogP contribution in [0.4, 0.5) is 0 Å². The average molecular weight is 180 g/mol. The minimum Gasteiger partial charge on any atom is -0.313 e. The molecular formula is C10H21BN2. The third-order valence-corrected chi connectivity index (χ3v) is 3.54. The Morgan fingerprint density at radius 2 is 2.15 bits per heavy atom. The molecule has 0 radical (unpaired) electrons. The van der Waals surface area contributed by atoms with Crippen LogP contribution in [0.2, 0.25) is 6.82 Å². The maximum Gasteiger partial charge on any atom is 0.169 e. The molecule has 0 bridgehead atoms. The van der Waals surface area contributed by atoms with Crippen molar-refractivity contribution >= 4 is 6.71 Å². The second kappa shape index (κ2) is 4.01. The van der Waals surface area contributed by atoms with Crippen molar-refractivity contribution in [1.29, 1.82) is 0 Å². The number of likely N-dealkylation sites (tertiary alicyclic amines) is 1. The molecule has 0 aliphatic carbocycles. The molecule has 2 heterocycles. The third-order valence-electron chi connectivity index (χ3n) is 3.54. The second-order valence-electron chi connectivity index (χ2n) is 4.75. The lowest BCUT2D eigenvalue weighted by Gasteiger charge is -2.45. The fourth-order valence-corrected chi connectivity index (χ4v) is 2.66. The van der Waals surface area contributed by atoms with Gasteiger partial charge in [-0.05, 0) is 38.8 Å². The minimum atomic E-state index is 0.880. The molecule has 2 aliphatic heterocycles. The lowest BCUT2D eigenvalue weighted by molar-refractivity contribution is 0.112. The third kappa shape index (κ3) is 2.08. The van der Waals surface area contributed by atoms with E-state index in [1.807, 2.05) is 0 Å². The average Bonchev–Trinajstić information content (AvgIpc) is 2.13. The van der Waals surface area contributed by atoms with Crippen LogP contribution in [0.1, 0.15) is 19.8 Å². The van der Waals surface area contributed by atoms with Crippen LogP contribution in [-0.4, -0.2) is 55.1 Å². The molecule has 13 heavy (non-hydrogen) atoms. The zero-order valence-corrected chi connectivity index (χ0v) is 9.00. The van der Waals surface area contributed by atoms with E-state index in [0.717, 1.165) is 12.8 Å². The molecule has 2 rings (SSSR count). The first-order chi connectivity index (χ1) is 6.29. The van der Waals surface area contributed by atoms with Crippen LogP contribution in [0.25, 0.3) is 0 Å². The molecule has 0 amide bonds. The first-order valence-electron chi connectivity index (χ1n) is 5.76. The van der Waals surface area contributed by atoms with Gasteiger partial charge in [0.15, 0.2) is 6.71 Å². The van der Waals surface area contributed by atoms with Gasteiger partial charge in [-0.2, -0.15) is 0 Å². The Morgan fingerprint density at radius 3 is 2.77 bits per heavy atom. The number of hydrogen-bond donors (Lipinski definition) is 0. The van der Waals surface area contributed by atoms with Gasteiger partial charge in [0.1, 0.15) is 0 Å². The Kier molecular flexibility index (Phi) is 2.94. The highest BCUT2D eigenvalue weighted by Crippen LogP contribution is 2.20. The van der Waals surface area contributed by atoms with E-state index in [1.54, 1.807) is 0 Å². The highest BCUT2D eigenvalue weighted by Gasteiger charge is 2.33. The molecule has 2 aliphatic rings. The Hall–Kier alpha value is -0.0151. The van der Waals surface area contributed by atoms with Gasteiger partial charge in [0.2, 0.25) is 0 Å². The van der Waals surface area contributed by atoms with Gasteiger partial charge in [-0.15, -0.1) is 0 Å². The number of piperidine rings is 1. The Bertz CT molecular complexity index is 168. The molecule has 2 fully saturated rings. The van der Waals surface area contributed by atoms with E-state index in [4.69, 9.17) is 0 Å². The molecule has 2 nitrogen and oxygen atoms in total. The summed E-state index contributed by atoms with van der Waals surface area (Å²) in [7, 11) is 0. The van der Waals surface area contributed by atoms with Gasteiger partial charge < -0.3 is 9.80 Å². The quantitative estimate of drug-likeness (QED) is 0.584. The summed E-state index contributed by atoms with van der Waals surface area (Å²) in [5.74, 6) is 0. The highest BCUT2D eigenvalue weighted by molar-refractivity contribution is 6.60. The molecule has 1 atom stereocenters. The van der Waals surface area contributed by atoms with Gasteiger partial charge in [0, 0.05) is 12.6 Å². The second-order valence-corrected chi connectivity index (χ2v) is 4.75. The van der Waals surface area contributed by atoms with Crippen LogP contribution in [0.5, 0.6) is 0 Å². The monoisotopic (exact) mass is 180 g/mol. The van der Waals surface area contributed by atoms with Crippen molar-refractivity contribution in [2.24, 2.45) is 0 Å². The molecule has 1 unspecified atom stereocenters. The number of likely N-dealkylation sites (N-methyl/N-ethyl adjacent to an activating group) is 1. The summed E-state index contributed by atoms with van der Waals surface area (Å²) in [5.41, 5.74) is 0. The predicted molar refractivity (Wildman–Crippen MR) is 58.3 cm³/mol. The molecule has 0 saturated carbocycles. The molecular weight excluding hydrogens is 159 g/mol. The molecule has 0 spiro atoms. The van der Waals surface area contributed by atoms with E-state index in [9.17, 15) is 0 Å². The van der Waals surface area contributed by atoms with Crippen molar-refractivity contribution < 1.29 is 0 Å². The SMILES string of the molecule is CCN1CCCC(N2CB(C)C2)C1. The van der Waals surface area contributed by atoms with Crippen molar-refractivity contribution in [3.63, 3.8) is 0 Å². The van der Waals surface area contributed by atoms with Crippen molar-refractivity contribution in [1.82, 2.24) is 9.80 Å². The normalized spacial score (nSPS) is 31.8. The lowest BCUT2D eigenvalue weighted by Crippen LogP contribution is -2.60. The molecule has 0 aromatic heterocycles. The van der Waals surface area contributed by atoms with Crippen LogP contribution >= 0.6 is 0 Å². The van der Waals surface area contributed by atoms with Crippen molar-refractivity contribution in [2.75, 3.05) is 32.5 Å². The molecule has 2 saturated heterocycles. The van der Waals surface area contributed by atoms with Crippen molar-refractivity contribution in [3.8, 4) is 0 Å². The van der Waals surface area contributed by atoms with Gasteiger partial charge in [0.05, 0.1) is 0 Å². The summed E-state index contributed by atoms with van der Waals surface area (Å²) in [6.07, 6.45) is 5.54. The van der Waals surface area contributed by atoms with Crippen molar-refractivity contribution in [3.05, 3.63) is 0 Å². The van der Waals surface area contributed by atoms with Crippen molar-refractivity contribution in [2.45, 2.75) is 32.6 Å². The van der Waals surface area contributed by atoms with Gasteiger partial charge in [-0.3, -0.25) is 0 Å². The standard InChI is InChI=1S/C10H21BN2/c1-3-12-6-4-5-10(7-12)13-8-11(2)9-13/h10H,3-9H2,1-2H3. The zero-order valence-electron chi connectivity index (χ0n) is 9.00. The van der Waals surface area contributed by atoms with Gasteiger partial charge in [0.25, 0.3) is 0 Å². The Balaban J connectivity index is 1.79. The topological polar surface area (TPSA) is 6.48 Å². The minimum absolute atomic E-state index is 0.880. The predicted octanol–water partition coefficient (Wildman–Crippen LogP) is 0.989.